The maximum Gasteiger partial charge on any atom is 0.238 e. The normalized spacial score (nSPS) is 10.1. The number of nitrogens with zero attached hydrogens (tertiary/aromatic N) is 2. The van der Waals surface area contributed by atoms with Gasteiger partial charge in [-0.25, -0.2) is 0 Å². The van der Waals surface area contributed by atoms with Gasteiger partial charge in [-0.2, -0.15) is 0 Å². The number of aromatic nitrogens is 2. The SMILES string of the molecule is OCc1ccc(Oc2cccc(Cl)c2)nn1. The third-order valence-electron chi connectivity index (χ3n) is 1.88. The van der Waals surface area contributed by atoms with E-state index in [0.717, 1.165) is 0 Å². The number of hydrogen-bond donors (Lipinski definition) is 1. The lowest BCUT2D eigenvalue weighted by molar-refractivity contribution is 0.274. The van der Waals surface area contributed by atoms with E-state index in [-0.39, 0.29) is 6.61 Å². The van der Waals surface area contributed by atoms with Gasteiger partial charge >= 0.3 is 0 Å². The molecule has 1 aromatic heterocycles. The molecule has 0 aliphatic heterocycles. The van der Waals surface area contributed by atoms with Crippen LogP contribution in [-0.4, -0.2) is 15.3 Å². The predicted octanol–water partition coefficient (Wildman–Crippen LogP) is 2.41. The fourth-order valence-corrected chi connectivity index (χ4v) is 1.32. The Balaban J connectivity index is 2.14. The van der Waals surface area contributed by atoms with Gasteiger partial charge in [-0.05, 0) is 24.3 Å². The van der Waals surface area contributed by atoms with E-state index in [9.17, 15) is 0 Å². The molecular formula is C11H9ClN2O2. The van der Waals surface area contributed by atoms with E-state index in [1.54, 1.807) is 36.4 Å². The summed E-state index contributed by atoms with van der Waals surface area (Å²) in [6, 6.07) is 10.3. The van der Waals surface area contributed by atoms with E-state index in [4.69, 9.17) is 21.4 Å². The summed E-state index contributed by atoms with van der Waals surface area (Å²) in [5, 5.41) is 16.9. The van der Waals surface area contributed by atoms with Crippen LogP contribution in [0.3, 0.4) is 0 Å². The summed E-state index contributed by atoms with van der Waals surface area (Å²) in [6.45, 7) is -0.134. The summed E-state index contributed by atoms with van der Waals surface area (Å²) in [6.07, 6.45) is 0. The monoisotopic (exact) mass is 236 g/mol. The zero-order valence-corrected chi connectivity index (χ0v) is 9.05. The van der Waals surface area contributed by atoms with Crippen LogP contribution in [0.5, 0.6) is 11.6 Å². The quantitative estimate of drug-likeness (QED) is 0.889. The molecule has 0 saturated carbocycles. The minimum atomic E-state index is -0.134. The number of aliphatic hydroxyl groups is 1. The van der Waals surface area contributed by atoms with Crippen molar-refractivity contribution in [2.75, 3.05) is 0 Å². The van der Waals surface area contributed by atoms with E-state index in [1.807, 2.05) is 0 Å². The Labute approximate surface area is 97.5 Å². The van der Waals surface area contributed by atoms with Gasteiger partial charge in [0.05, 0.1) is 12.3 Å². The highest BCUT2D eigenvalue weighted by atomic mass is 35.5. The van der Waals surface area contributed by atoms with Crippen LogP contribution in [0.1, 0.15) is 5.69 Å². The molecule has 5 heteroatoms. The van der Waals surface area contributed by atoms with Gasteiger partial charge in [-0.15, -0.1) is 10.2 Å². The van der Waals surface area contributed by atoms with Crippen molar-refractivity contribution in [2.24, 2.45) is 0 Å². The summed E-state index contributed by atoms with van der Waals surface area (Å²) in [4.78, 5) is 0. The van der Waals surface area contributed by atoms with Crippen LogP contribution >= 0.6 is 11.6 Å². The van der Waals surface area contributed by atoms with Crippen molar-refractivity contribution in [3.8, 4) is 11.6 Å². The zero-order valence-electron chi connectivity index (χ0n) is 8.30. The molecule has 2 rings (SSSR count). The summed E-state index contributed by atoms with van der Waals surface area (Å²) in [7, 11) is 0. The summed E-state index contributed by atoms with van der Waals surface area (Å²) in [5.41, 5.74) is 0.499. The predicted molar refractivity (Wildman–Crippen MR) is 59.5 cm³/mol. The first-order valence-electron chi connectivity index (χ1n) is 4.65. The van der Waals surface area contributed by atoms with Crippen LogP contribution < -0.4 is 4.74 Å². The molecule has 2 aromatic rings. The molecule has 16 heavy (non-hydrogen) atoms. The maximum absolute atomic E-state index is 8.79. The molecule has 0 bridgehead atoms. The number of ether oxygens (including phenoxy) is 1. The number of aliphatic hydroxyl groups excluding tert-OH is 1. The molecular weight excluding hydrogens is 228 g/mol. The molecule has 0 saturated heterocycles. The third kappa shape index (κ3) is 2.68. The van der Waals surface area contributed by atoms with Crippen molar-refractivity contribution in [3.05, 3.63) is 47.1 Å². The smallest absolute Gasteiger partial charge is 0.238 e. The summed E-state index contributed by atoms with van der Waals surface area (Å²) < 4.78 is 5.42. The van der Waals surface area contributed by atoms with Gasteiger partial charge in [0.15, 0.2) is 0 Å². The molecule has 82 valence electrons. The minimum absolute atomic E-state index is 0.134. The van der Waals surface area contributed by atoms with Crippen molar-refractivity contribution >= 4 is 11.6 Å². The van der Waals surface area contributed by atoms with Gasteiger partial charge in [-0.3, -0.25) is 0 Å². The van der Waals surface area contributed by atoms with Gasteiger partial charge in [-0.1, -0.05) is 17.7 Å². The van der Waals surface area contributed by atoms with Crippen LogP contribution in [0.25, 0.3) is 0 Å². The Morgan fingerprint density at radius 1 is 1.19 bits per heavy atom. The number of rotatable bonds is 3. The summed E-state index contributed by atoms with van der Waals surface area (Å²) in [5.74, 6) is 0.956. The largest absolute Gasteiger partial charge is 0.437 e. The first kappa shape index (κ1) is 10.9. The van der Waals surface area contributed by atoms with Crippen LogP contribution in [0, 0.1) is 0 Å². The van der Waals surface area contributed by atoms with E-state index in [0.29, 0.717) is 22.3 Å². The average Bonchev–Trinajstić information content (AvgIpc) is 2.30. The summed E-state index contributed by atoms with van der Waals surface area (Å²) >= 11 is 5.81. The first-order valence-corrected chi connectivity index (χ1v) is 5.02. The van der Waals surface area contributed by atoms with Crippen LogP contribution in [0.2, 0.25) is 5.02 Å². The van der Waals surface area contributed by atoms with Crippen molar-refractivity contribution in [1.29, 1.82) is 0 Å². The molecule has 0 radical (unpaired) electrons. The lowest BCUT2D eigenvalue weighted by Crippen LogP contribution is -1.94. The molecule has 1 heterocycles. The highest BCUT2D eigenvalue weighted by Crippen LogP contribution is 2.22. The molecule has 0 fully saturated rings. The van der Waals surface area contributed by atoms with E-state index < -0.39 is 0 Å². The fraction of sp³-hybridized carbons (Fsp3) is 0.0909. The van der Waals surface area contributed by atoms with Crippen LogP contribution in [0.4, 0.5) is 0 Å². The average molecular weight is 237 g/mol. The van der Waals surface area contributed by atoms with Crippen molar-refractivity contribution in [2.45, 2.75) is 6.61 Å². The van der Waals surface area contributed by atoms with Crippen molar-refractivity contribution < 1.29 is 9.84 Å². The Morgan fingerprint density at radius 2 is 2.06 bits per heavy atom. The molecule has 0 unspecified atom stereocenters. The van der Waals surface area contributed by atoms with Crippen LogP contribution in [0.15, 0.2) is 36.4 Å². The molecule has 0 atom stereocenters. The molecule has 0 amide bonds. The zero-order chi connectivity index (χ0) is 11.4. The van der Waals surface area contributed by atoms with Gasteiger partial charge in [0, 0.05) is 11.1 Å². The molecule has 1 N–H and O–H groups in total. The number of hydrogen-bond acceptors (Lipinski definition) is 4. The van der Waals surface area contributed by atoms with Crippen LogP contribution in [-0.2, 0) is 6.61 Å². The highest BCUT2D eigenvalue weighted by Gasteiger charge is 2.00. The van der Waals surface area contributed by atoms with Gasteiger partial charge in [0.2, 0.25) is 5.88 Å². The molecule has 0 spiro atoms. The molecule has 0 aliphatic rings. The Morgan fingerprint density at radius 3 is 2.69 bits per heavy atom. The Kier molecular flexibility index (Phi) is 3.34. The topological polar surface area (TPSA) is 55.2 Å². The second kappa shape index (κ2) is 4.92. The lowest BCUT2D eigenvalue weighted by Gasteiger charge is -2.04. The third-order valence-corrected chi connectivity index (χ3v) is 2.11. The molecule has 1 aromatic carbocycles. The van der Waals surface area contributed by atoms with Gasteiger partial charge in [0.1, 0.15) is 5.75 Å². The lowest BCUT2D eigenvalue weighted by atomic mass is 10.3. The Bertz CT molecular complexity index is 474. The number of halogens is 1. The van der Waals surface area contributed by atoms with E-state index >= 15 is 0 Å². The maximum atomic E-state index is 8.79. The minimum Gasteiger partial charge on any atom is -0.437 e. The number of benzene rings is 1. The first-order chi connectivity index (χ1) is 7.78. The van der Waals surface area contributed by atoms with E-state index in [2.05, 4.69) is 10.2 Å². The van der Waals surface area contributed by atoms with Gasteiger partial charge < -0.3 is 9.84 Å². The second-order valence-corrected chi connectivity index (χ2v) is 3.52. The standard InChI is InChI=1S/C11H9ClN2O2/c12-8-2-1-3-10(6-8)16-11-5-4-9(7-15)13-14-11/h1-6,15H,7H2. The fourth-order valence-electron chi connectivity index (χ4n) is 1.14. The highest BCUT2D eigenvalue weighted by molar-refractivity contribution is 6.30. The van der Waals surface area contributed by atoms with Gasteiger partial charge in [0.25, 0.3) is 0 Å². The van der Waals surface area contributed by atoms with Crippen molar-refractivity contribution in [3.63, 3.8) is 0 Å². The van der Waals surface area contributed by atoms with Crippen molar-refractivity contribution in [1.82, 2.24) is 10.2 Å². The molecule has 4 nitrogen and oxygen atoms in total. The molecule has 0 aliphatic carbocycles. The Hall–Kier alpha value is -1.65. The second-order valence-electron chi connectivity index (χ2n) is 3.08. The van der Waals surface area contributed by atoms with E-state index in [1.165, 1.54) is 0 Å².